The molecule has 2 N–H and O–H groups in total. The van der Waals surface area contributed by atoms with Crippen molar-refractivity contribution in [1.29, 1.82) is 0 Å². The van der Waals surface area contributed by atoms with Gasteiger partial charge in [-0.2, -0.15) is 0 Å². The minimum absolute atomic E-state index is 0.0925. The number of halogens is 2. The lowest BCUT2D eigenvalue weighted by atomic mass is 10.3. The standard InChI is InChI=1S/C8H7F2NO2/c9-5-2-1-3-6(4-5)11-7(10)8(12)13/h1-4,7,11H,(H,12,13). The molecule has 0 aliphatic heterocycles. The average Bonchev–Trinajstić information content (AvgIpc) is 2.04. The summed E-state index contributed by atoms with van der Waals surface area (Å²) in [6, 6.07) is 4.92. The van der Waals surface area contributed by atoms with Gasteiger partial charge in [0.05, 0.1) is 0 Å². The van der Waals surface area contributed by atoms with Crippen LogP contribution in [0.3, 0.4) is 0 Å². The van der Waals surface area contributed by atoms with Crippen LogP contribution in [0.2, 0.25) is 0 Å². The van der Waals surface area contributed by atoms with Gasteiger partial charge >= 0.3 is 5.97 Å². The molecule has 0 amide bonds. The minimum Gasteiger partial charge on any atom is -0.478 e. The summed E-state index contributed by atoms with van der Waals surface area (Å²) in [5.41, 5.74) is 0.0925. The number of carbonyl (C=O) groups is 1. The first-order valence-corrected chi connectivity index (χ1v) is 3.48. The molecule has 0 aromatic heterocycles. The molecule has 1 aromatic carbocycles. The third kappa shape index (κ3) is 2.70. The third-order valence-corrected chi connectivity index (χ3v) is 1.33. The Morgan fingerprint density at radius 2 is 2.23 bits per heavy atom. The molecule has 0 saturated heterocycles. The van der Waals surface area contributed by atoms with E-state index in [0.717, 1.165) is 6.07 Å². The number of hydrogen-bond donors (Lipinski definition) is 2. The zero-order valence-electron chi connectivity index (χ0n) is 6.50. The molecule has 0 aliphatic carbocycles. The number of carboxylic acid groups (broad SMARTS) is 1. The zero-order chi connectivity index (χ0) is 9.84. The van der Waals surface area contributed by atoms with E-state index in [2.05, 4.69) is 0 Å². The Hall–Kier alpha value is -1.65. The highest BCUT2D eigenvalue weighted by atomic mass is 19.1. The highest BCUT2D eigenvalue weighted by molar-refractivity contribution is 5.75. The molecule has 0 saturated carbocycles. The normalized spacial score (nSPS) is 12.2. The van der Waals surface area contributed by atoms with Gasteiger partial charge in [-0.25, -0.2) is 13.6 Å². The maximum absolute atomic E-state index is 12.5. The lowest BCUT2D eigenvalue weighted by Gasteiger charge is -2.06. The number of benzene rings is 1. The largest absolute Gasteiger partial charge is 0.478 e. The second-order valence-corrected chi connectivity index (χ2v) is 2.36. The Balaban J connectivity index is 2.69. The molecule has 0 spiro atoms. The summed E-state index contributed by atoms with van der Waals surface area (Å²) in [7, 11) is 0. The molecular weight excluding hydrogens is 180 g/mol. The monoisotopic (exact) mass is 187 g/mol. The maximum atomic E-state index is 12.5. The first-order chi connectivity index (χ1) is 6.09. The topological polar surface area (TPSA) is 49.3 Å². The maximum Gasteiger partial charge on any atom is 0.359 e. The summed E-state index contributed by atoms with van der Waals surface area (Å²) in [6.07, 6.45) is -2.22. The number of nitrogens with one attached hydrogen (secondary N) is 1. The van der Waals surface area contributed by atoms with Gasteiger partial charge in [-0.15, -0.1) is 0 Å². The number of anilines is 1. The summed E-state index contributed by atoms with van der Waals surface area (Å²) >= 11 is 0. The van der Waals surface area contributed by atoms with Crippen LogP contribution in [0.25, 0.3) is 0 Å². The van der Waals surface area contributed by atoms with E-state index in [9.17, 15) is 13.6 Å². The van der Waals surface area contributed by atoms with Gasteiger partial charge in [-0.05, 0) is 18.2 Å². The van der Waals surface area contributed by atoms with E-state index in [0.29, 0.717) is 0 Å². The molecule has 5 heteroatoms. The van der Waals surface area contributed by atoms with Gasteiger partial charge in [0.1, 0.15) is 5.82 Å². The van der Waals surface area contributed by atoms with E-state index in [4.69, 9.17) is 5.11 Å². The summed E-state index contributed by atoms with van der Waals surface area (Å²) in [6.45, 7) is 0. The number of aliphatic carboxylic acids is 1. The molecule has 3 nitrogen and oxygen atoms in total. The Morgan fingerprint density at radius 1 is 1.54 bits per heavy atom. The minimum atomic E-state index is -2.22. The van der Waals surface area contributed by atoms with Gasteiger partial charge in [-0.1, -0.05) is 6.07 Å². The lowest BCUT2D eigenvalue weighted by Crippen LogP contribution is -2.23. The van der Waals surface area contributed by atoms with E-state index in [-0.39, 0.29) is 5.69 Å². The van der Waals surface area contributed by atoms with Crippen molar-refractivity contribution in [1.82, 2.24) is 0 Å². The van der Waals surface area contributed by atoms with Crippen molar-refractivity contribution < 1.29 is 18.7 Å². The van der Waals surface area contributed by atoms with Gasteiger partial charge < -0.3 is 10.4 Å². The van der Waals surface area contributed by atoms with Crippen molar-refractivity contribution >= 4 is 11.7 Å². The van der Waals surface area contributed by atoms with Gasteiger partial charge in [-0.3, -0.25) is 0 Å². The van der Waals surface area contributed by atoms with Crippen molar-refractivity contribution in [3.8, 4) is 0 Å². The summed E-state index contributed by atoms with van der Waals surface area (Å²) < 4.78 is 25.0. The SMILES string of the molecule is O=C(O)C(F)Nc1cccc(F)c1. The smallest absolute Gasteiger partial charge is 0.359 e. The fourth-order valence-electron chi connectivity index (χ4n) is 0.786. The van der Waals surface area contributed by atoms with E-state index < -0.39 is 18.1 Å². The van der Waals surface area contributed by atoms with Crippen molar-refractivity contribution in [2.75, 3.05) is 5.32 Å². The third-order valence-electron chi connectivity index (χ3n) is 1.33. The fourth-order valence-corrected chi connectivity index (χ4v) is 0.786. The molecule has 1 aromatic rings. The van der Waals surface area contributed by atoms with Crippen LogP contribution in [0.4, 0.5) is 14.5 Å². The summed E-state index contributed by atoms with van der Waals surface area (Å²) in [5, 5.41) is 10.2. The van der Waals surface area contributed by atoms with Crippen LogP contribution in [0.5, 0.6) is 0 Å². The van der Waals surface area contributed by atoms with Crippen LogP contribution in [0.15, 0.2) is 24.3 Å². The van der Waals surface area contributed by atoms with Crippen LogP contribution in [-0.4, -0.2) is 17.4 Å². The molecule has 0 radical (unpaired) electrons. The van der Waals surface area contributed by atoms with E-state index in [1.165, 1.54) is 18.2 Å². The Labute approximate surface area is 73.0 Å². The van der Waals surface area contributed by atoms with Crippen molar-refractivity contribution in [2.24, 2.45) is 0 Å². The molecule has 70 valence electrons. The van der Waals surface area contributed by atoms with Crippen LogP contribution in [-0.2, 0) is 4.79 Å². The second-order valence-electron chi connectivity index (χ2n) is 2.36. The number of carboxylic acids is 1. The Morgan fingerprint density at radius 3 is 2.77 bits per heavy atom. The molecule has 1 atom stereocenters. The molecule has 0 fully saturated rings. The average molecular weight is 187 g/mol. The molecule has 1 unspecified atom stereocenters. The molecule has 1 rings (SSSR count). The van der Waals surface area contributed by atoms with Crippen molar-refractivity contribution in [3.63, 3.8) is 0 Å². The van der Waals surface area contributed by atoms with Gasteiger partial charge in [0.2, 0.25) is 0 Å². The predicted octanol–water partition coefficient (Wildman–Crippen LogP) is 1.62. The molecule has 0 bridgehead atoms. The van der Waals surface area contributed by atoms with E-state index >= 15 is 0 Å². The Bertz CT molecular complexity index is 317. The van der Waals surface area contributed by atoms with Crippen molar-refractivity contribution in [2.45, 2.75) is 6.30 Å². The molecule has 0 heterocycles. The molecule has 0 aliphatic rings. The van der Waals surface area contributed by atoms with Crippen LogP contribution < -0.4 is 5.32 Å². The molecular formula is C8H7F2NO2. The highest BCUT2D eigenvalue weighted by Crippen LogP contribution is 2.10. The van der Waals surface area contributed by atoms with Crippen molar-refractivity contribution in [3.05, 3.63) is 30.1 Å². The second kappa shape index (κ2) is 3.84. The lowest BCUT2D eigenvalue weighted by molar-refractivity contribution is -0.141. The van der Waals surface area contributed by atoms with Crippen LogP contribution in [0.1, 0.15) is 0 Å². The van der Waals surface area contributed by atoms with Gasteiger partial charge in [0.25, 0.3) is 6.30 Å². The highest BCUT2D eigenvalue weighted by Gasteiger charge is 2.14. The first-order valence-electron chi connectivity index (χ1n) is 3.48. The summed E-state index contributed by atoms with van der Waals surface area (Å²) in [4.78, 5) is 10.1. The number of rotatable bonds is 3. The van der Waals surface area contributed by atoms with E-state index in [1.54, 1.807) is 0 Å². The fraction of sp³-hybridized carbons (Fsp3) is 0.125. The van der Waals surface area contributed by atoms with Gasteiger partial charge in [0.15, 0.2) is 0 Å². The zero-order valence-corrected chi connectivity index (χ0v) is 6.50. The first kappa shape index (κ1) is 9.44. The van der Waals surface area contributed by atoms with Crippen LogP contribution in [0, 0.1) is 5.82 Å². The number of alkyl halides is 1. The quantitative estimate of drug-likeness (QED) is 0.707. The van der Waals surface area contributed by atoms with Gasteiger partial charge in [0, 0.05) is 5.69 Å². The predicted molar refractivity (Wildman–Crippen MR) is 42.6 cm³/mol. The Kier molecular flexibility index (Phi) is 2.79. The number of hydrogen-bond acceptors (Lipinski definition) is 2. The van der Waals surface area contributed by atoms with E-state index in [1.807, 2.05) is 5.32 Å². The molecule has 13 heavy (non-hydrogen) atoms. The van der Waals surface area contributed by atoms with Crippen LogP contribution >= 0.6 is 0 Å². The summed E-state index contributed by atoms with van der Waals surface area (Å²) in [5.74, 6) is -2.19.